The highest BCUT2D eigenvalue weighted by Crippen LogP contribution is 2.18. The van der Waals surface area contributed by atoms with Gasteiger partial charge in [-0.05, 0) is 42.3 Å². The van der Waals surface area contributed by atoms with Gasteiger partial charge in [-0.2, -0.15) is 5.10 Å². The molecule has 1 heterocycles. The van der Waals surface area contributed by atoms with E-state index in [-0.39, 0.29) is 12.3 Å². The van der Waals surface area contributed by atoms with Crippen molar-refractivity contribution >= 4 is 22.4 Å². The lowest BCUT2D eigenvalue weighted by Gasteiger charge is -2.06. The molecule has 0 saturated carbocycles. The summed E-state index contributed by atoms with van der Waals surface area (Å²) in [6.07, 6.45) is 0.287. The van der Waals surface area contributed by atoms with Gasteiger partial charge in [0.05, 0.1) is 6.42 Å². The number of furan rings is 1. The SMILES string of the molecule is CC(=NNC(=O)Cc1cccc2ccccc12)c1ccc(C)o1. The molecule has 1 aromatic heterocycles. The van der Waals surface area contributed by atoms with Crippen LogP contribution in [0.3, 0.4) is 0 Å². The van der Waals surface area contributed by atoms with Crippen molar-refractivity contribution in [1.82, 2.24) is 5.43 Å². The third-order valence-corrected chi connectivity index (χ3v) is 3.68. The first-order chi connectivity index (χ1) is 11.1. The van der Waals surface area contributed by atoms with E-state index in [1.54, 1.807) is 6.92 Å². The van der Waals surface area contributed by atoms with Crippen molar-refractivity contribution in [1.29, 1.82) is 0 Å². The molecule has 0 fully saturated rings. The molecule has 0 aliphatic rings. The van der Waals surface area contributed by atoms with E-state index in [0.29, 0.717) is 11.5 Å². The quantitative estimate of drug-likeness (QED) is 0.588. The number of hydrogen-bond donors (Lipinski definition) is 1. The van der Waals surface area contributed by atoms with Gasteiger partial charge in [-0.25, -0.2) is 5.43 Å². The van der Waals surface area contributed by atoms with Crippen molar-refractivity contribution in [2.24, 2.45) is 5.10 Å². The van der Waals surface area contributed by atoms with Crippen LogP contribution >= 0.6 is 0 Å². The fraction of sp³-hybridized carbons (Fsp3) is 0.158. The number of rotatable bonds is 4. The Hall–Kier alpha value is -2.88. The number of hydrogen-bond acceptors (Lipinski definition) is 3. The molecule has 0 saturated heterocycles. The second-order valence-electron chi connectivity index (χ2n) is 5.46. The zero-order valence-corrected chi connectivity index (χ0v) is 13.2. The lowest BCUT2D eigenvalue weighted by atomic mass is 10.0. The molecule has 3 rings (SSSR count). The Morgan fingerprint density at radius 3 is 2.65 bits per heavy atom. The van der Waals surface area contributed by atoms with Crippen LogP contribution < -0.4 is 5.43 Å². The van der Waals surface area contributed by atoms with Gasteiger partial charge in [-0.1, -0.05) is 42.5 Å². The van der Waals surface area contributed by atoms with Crippen LogP contribution in [0.5, 0.6) is 0 Å². The van der Waals surface area contributed by atoms with Crippen molar-refractivity contribution in [3.05, 3.63) is 71.7 Å². The summed E-state index contributed by atoms with van der Waals surface area (Å²) in [6, 6.07) is 17.7. The normalized spacial score (nSPS) is 11.7. The molecule has 116 valence electrons. The van der Waals surface area contributed by atoms with E-state index in [1.807, 2.05) is 61.5 Å². The molecule has 2 aromatic carbocycles. The van der Waals surface area contributed by atoms with Crippen molar-refractivity contribution in [2.75, 3.05) is 0 Å². The first-order valence-electron chi connectivity index (χ1n) is 7.50. The smallest absolute Gasteiger partial charge is 0.244 e. The van der Waals surface area contributed by atoms with E-state index in [2.05, 4.69) is 10.5 Å². The molecule has 1 N–H and O–H groups in total. The number of aryl methyl sites for hydroxylation is 1. The second kappa shape index (κ2) is 6.48. The number of benzene rings is 2. The lowest BCUT2D eigenvalue weighted by molar-refractivity contribution is -0.120. The van der Waals surface area contributed by atoms with E-state index in [1.165, 1.54) is 0 Å². The van der Waals surface area contributed by atoms with Gasteiger partial charge < -0.3 is 4.42 Å². The van der Waals surface area contributed by atoms with Crippen LogP contribution in [0.25, 0.3) is 10.8 Å². The monoisotopic (exact) mass is 306 g/mol. The third-order valence-electron chi connectivity index (χ3n) is 3.68. The zero-order valence-electron chi connectivity index (χ0n) is 13.2. The lowest BCUT2D eigenvalue weighted by Crippen LogP contribution is -2.21. The Labute approximate surface area is 134 Å². The van der Waals surface area contributed by atoms with Crippen molar-refractivity contribution < 1.29 is 9.21 Å². The van der Waals surface area contributed by atoms with Crippen LogP contribution in [-0.4, -0.2) is 11.6 Å². The average molecular weight is 306 g/mol. The van der Waals surface area contributed by atoms with Crippen molar-refractivity contribution in [3.8, 4) is 0 Å². The molecule has 23 heavy (non-hydrogen) atoms. The molecule has 1 amide bonds. The predicted molar refractivity (Wildman–Crippen MR) is 91.5 cm³/mol. The van der Waals surface area contributed by atoms with E-state index in [4.69, 9.17) is 4.42 Å². The topological polar surface area (TPSA) is 54.6 Å². The van der Waals surface area contributed by atoms with Crippen LogP contribution in [0.4, 0.5) is 0 Å². The number of carbonyl (C=O) groups excluding carboxylic acids is 1. The van der Waals surface area contributed by atoms with E-state index in [9.17, 15) is 4.79 Å². The number of amides is 1. The molecule has 4 nitrogen and oxygen atoms in total. The molecule has 4 heteroatoms. The van der Waals surface area contributed by atoms with Gasteiger partial charge in [0.1, 0.15) is 17.2 Å². The van der Waals surface area contributed by atoms with Crippen molar-refractivity contribution in [3.63, 3.8) is 0 Å². The summed E-state index contributed by atoms with van der Waals surface area (Å²) in [5.74, 6) is 1.33. The first-order valence-corrected chi connectivity index (χ1v) is 7.50. The van der Waals surface area contributed by atoms with Gasteiger partial charge >= 0.3 is 0 Å². The number of hydrazone groups is 1. The maximum atomic E-state index is 12.1. The highest BCUT2D eigenvalue weighted by Gasteiger charge is 2.07. The van der Waals surface area contributed by atoms with E-state index >= 15 is 0 Å². The minimum absolute atomic E-state index is 0.149. The number of carbonyl (C=O) groups is 1. The van der Waals surface area contributed by atoms with Gasteiger partial charge in [0.15, 0.2) is 0 Å². The Morgan fingerprint density at radius 1 is 1.09 bits per heavy atom. The number of nitrogens with one attached hydrogen (secondary N) is 1. The van der Waals surface area contributed by atoms with E-state index < -0.39 is 0 Å². The molecule has 0 spiro atoms. The largest absolute Gasteiger partial charge is 0.460 e. The minimum atomic E-state index is -0.149. The summed E-state index contributed by atoms with van der Waals surface area (Å²) >= 11 is 0. The summed E-state index contributed by atoms with van der Waals surface area (Å²) in [4.78, 5) is 12.1. The van der Waals surface area contributed by atoms with Gasteiger partial charge in [0.2, 0.25) is 5.91 Å². The summed E-state index contributed by atoms with van der Waals surface area (Å²) in [6.45, 7) is 3.67. The minimum Gasteiger partial charge on any atom is -0.460 e. The Balaban J connectivity index is 1.72. The van der Waals surface area contributed by atoms with E-state index in [0.717, 1.165) is 22.1 Å². The molecule has 0 atom stereocenters. The highest BCUT2D eigenvalue weighted by atomic mass is 16.3. The van der Waals surface area contributed by atoms with Gasteiger partial charge in [0.25, 0.3) is 0 Å². The molecular weight excluding hydrogens is 288 g/mol. The predicted octanol–water partition coefficient (Wildman–Crippen LogP) is 3.82. The van der Waals surface area contributed by atoms with Crippen LogP contribution in [0.2, 0.25) is 0 Å². The summed E-state index contributed by atoms with van der Waals surface area (Å²) in [5, 5.41) is 6.33. The van der Waals surface area contributed by atoms with Crippen molar-refractivity contribution in [2.45, 2.75) is 20.3 Å². The van der Waals surface area contributed by atoms with Crippen LogP contribution in [0.15, 0.2) is 64.1 Å². The first kappa shape index (κ1) is 15.0. The molecule has 0 unspecified atom stereocenters. The fourth-order valence-electron chi connectivity index (χ4n) is 2.49. The number of fused-ring (bicyclic) bond motifs is 1. The zero-order chi connectivity index (χ0) is 16.2. The van der Waals surface area contributed by atoms with Crippen LogP contribution in [0.1, 0.15) is 24.0 Å². The molecule has 0 radical (unpaired) electrons. The highest BCUT2D eigenvalue weighted by molar-refractivity contribution is 5.97. The van der Waals surface area contributed by atoms with Crippen LogP contribution in [-0.2, 0) is 11.2 Å². The maximum Gasteiger partial charge on any atom is 0.244 e. The Morgan fingerprint density at radius 2 is 1.87 bits per heavy atom. The number of nitrogens with zero attached hydrogens (tertiary/aromatic N) is 1. The summed E-state index contributed by atoms with van der Waals surface area (Å²) in [7, 11) is 0. The Kier molecular flexibility index (Phi) is 4.24. The Bertz CT molecular complexity index is 872. The average Bonchev–Trinajstić information content (AvgIpc) is 2.99. The third kappa shape index (κ3) is 3.48. The standard InChI is InChI=1S/C19H18N2O2/c1-13-10-11-18(23-13)14(2)20-21-19(22)12-16-8-5-7-15-6-3-4-9-17(15)16/h3-11H,12H2,1-2H3,(H,21,22). The van der Waals surface area contributed by atoms with Crippen LogP contribution in [0, 0.1) is 6.92 Å². The second-order valence-corrected chi connectivity index (χ2v) is 5.46. The van der Waals surface area contributed by atoms with Gasteiger partial charge in [-0.15, -0.1) is 0 Å². The molecule has 0 aliphatic carbocycles. The fourth-order valence-corrected chi connectivity index (χ4v) is 2.49. The summed E-state index contributed by atoms with van der Waals surface area (Å²) in [5.41, 5.74) is 4.22. The molecular formula is C19H18N2O2. The molecule has 0 aliphatic heterocycles. The molecule has 3 aromatic rings. The molecule has 0 bridgehead atoms. The maximum absolute atomic E-state index is 12.1. The van der Waals surface area contributed by atoms with Gasteiger partial charge in [0, 0.05) is 0 Å². The summed E-state index contributed by atoms with van der Waals surface area (Å²) < 4.78 is 5.47. The van der Waals surface area contributed by atoms with Gasteiger partial charge in [-0.3, -0.25) is 4.79 Å².